The molecular formula is C56H104Si16. The third kappa shape index (κ3) is 6.27. The van der Waals surface area contributed by atoms with E-state index in [0.717, 1.165) is 0 Å². The van der Waals surface area contributed by atoms with Crippen molar-refractivity contribution in [2.45, 2.75) is 210 Å². The predicted molar refractivity (Wildman–Crippen MR) is 380 cm³/mol. The summed E-state index contributed by atoms with van der Waals surface area (Å²) in [6.45, 7) is 96.1. The van der Waals surface area contributed by atoms with Crippen molar-refractivity contribution in [3.8, 4) is 0 Å². The number of benzene rings is 4. The summed E-state index contributed by atoms with van der Waals surface area (Å²) in [5.74, 6) is 0. The molecular weight excluding hydrogens is 1120 g/mol. The fraction of sp³-hybridized carbons (Fsp3) is 0.571. The zero-order chi connectivity index (χ0) is 54.9. The highest BCUT2D eigenvalue weighted by Crippen LogP contribution is 2.36. The molecule has 0 saturated carbocycles. The lowest BCUT2D eigenvalue weighted by molar-refractivity contribution is 1.64. The molecule has 0 N–H and O–H groups in total. The Balaban J connectivity index is 1.81. The molecule has 0 atom stereocenters. The van der Waals surface area contributed by atoms with Gasteiger partial charge in [-0.2, -0.15) is 0 Å². The smallest absolute Gasteiger partial charge is 0.0671 e. The van der Waals surface area contributed by atoms with Crippen molar-refractivity contribution >= 4 is 204 Å². The van der Waals surface area contributed by atoms with E-state index in [0.29, 0.717) is 0 Å². The summed E-state index contributed by atoms with van der Waals surface area (Å²) in [7, 11) is -35.9. The van der Waals surface area contributed by atoms with Gasteiger partial charge in [-0.15, -0.1) is 0 Å². The molecule has 16 aliphatic rings. The first-order valence-corrected chi connectivity index (χ1v) is 84.6. The second-order valence-electron chi connectivity index (χ2n) is 33.8. The monoisotopic (exact) mass is 1220 g/mol. The van der Waals surface area contributed by atoms with Gasteiger partial charge in [-0.25, -0.2) is 0 Å². The van der Waals surface area contributed by atoms with Gasteiger partial charge in [-0.1, -0.05) is 341 Å². The van der Waals surface area contributed by atoms with E-state index in [1.54, 1.807) is 0 Å². The molecule has 16 heteroatoms. The largest absolute Gasteiger partial charge is 0.0789 e. The molecule has 16 bridgehead atoms. The molecule has 0 aromatic heterocycles. The molecule has 0 aliphatic carbocycles. The Hall–Kier alpha value is 0.350. The highest BCUT2D eigenvalue weighted by Gasteiger charge is 2.64. The molecule has 16 aliphatic heterocycles. The molecule has 4 aromatic rings. The van der Waals surface area contributed by atoms with Gasteiger partial charge in [0, 0.05) is 0 Å². The SMILES string of the molecule is C[Si]1(C)c2cc3c4cc2[Si](C)(C)[Si](C)(C)c2cc5c(cc2[Si](C)(C)[Si](C)(C)c2cc6c(cc2[Si](C)(C)[Si](C)(C)c2cc(c(cc2[Si]1(C)C)[Si](C)(C)[Si]6(C)C)[Si](C)(C)[Si]4(C)C)[Si](C)(C)[Si]5(C)C)[Si](C)(C)[Si]3(C)C. The zero-order valence-electron chi connectivity index (χ0n) is 52.6. The minimum atomic E-state index is -2.24. The summed E-state index contributed by atoms with van der Waals surface area (Å²) >= 11 is 0. The Bertz CT molecular complexity index is 2290. The molecule has 0 saturated heterocycles. The summed E-state index contributed by atoms with van der Waals surface area (Å²) in [4.78, 5) is 0. The van der Waals surface area contributed by atoms with Crippen LogP contribution in [0.25, 0.3) is 0 Å². The van der Waals surface area contributed by atoms with Gasteiger partial charge in [0.25, 0.3) is 0 Å². The first-order chi connectivity index (χ1) is 31.8. The van der Waals surface area contributed by atoms with Gasteiger partial charge in [-0.05, 0) is 0 Å². The molecule has 0 nitrogen and oxygen atoms in total. The lowest BCUT2D eigenvalue weighted by atomic mass is 10.3. The summed E-state index contributed by atoms with van der Waals surface area (Å²) in [6.07, 6.45) is 0. The van der Waals surface area contributed by atoms with Crippen molar-refractivity contribution in [3.63, 3.8) is 0 Å². The zero-order valence-corrected chi connectivity index (χ0v) is 68.6. The maximum absolute atomic E-state index is 3.22. The standard InChI is InChI=1S/C56H104Si16/c1-57(2)41-33-44-46-34-42(41)59(5,6)62(11,12)49-37-53-51(65(17,18)60(44,7)8)38-50(49)69(25,26)71(29,30)54-40-55-56(72(31,32)70(53,27)28)39-52(54)66(19,20)61(9,10)45-36-48(67(21,22)63(46,13)14)47(35-43(45)58(57,3)4)64(15,16)68(55,23)24/h33-40H,1-32H3. The van der Waals surface area contributed by atoms with Crippen molar-refractivity contribution < 1.29 is 0 Å². The van der Waals surface area contributed by atoms with Crippen LogP contribution in [0.4, 0.5) is 0 Å². The Morgan fingerprint density at radius 2 is 0.153 bits per heavy atom. The van der Waals surface area contributed by atoms with Crippen molar-refractivity contribution in [3.05, 3.63) is 48.5 Å². The van der Waals surface area contributed by atoms with Gasteiger partial charge >= 0.3 is 0 Å². The Morgan fingerprint density at radius 3 is 0.194 bits per heavy atom. The lowest BCUT2D eigenvalue weighted by Crippen LogP contribution is -2.91. The van der Waals surface area contributed by atoms with Crippen LogP contribution in [0.1, 0.15) is 0 Å². The van der Waals surface area contributed by atoms with Crippen LogP contribution in [0, 0.1) is 0 Å². The summed E-state index contributed by atoms with van der Waals surface area (Å²) in [5.41, 5.74) is 0. The molecule has 0 spiro atoms. The second-order valence-corrected chi connectivity index (χ2v) is 154. The van der Waals surface area contributed by atoms with Crippen LogP contribution < -0.4 is 83.0 Å². The topological polar surface area (TPSA) is 0 Å². The second kappa shape index (κ2) is 15.2. The molecule has 72 heavy (non-hydrogen) atoms. The molecule has 392 valence electrons. The maximum atomic E-state index is 3.22. The van der Waals surface area contributed by atoms with Gasteiger partial charge in [-0.3, -0.25) is 0 Å². The highest BCUT2D eigenvalue weighted by molar-refractivity contribution is 7.62. The van der Waals surface area contributed by atoms with E-state index >= 15 is 0 Å². The molecule has 20 rings (SSSR count). The fourth-order valence-corrected chi connectivity index (χ4v) is 111. The number of hydrogen-bond acceptors (Lipinski definition) is 0. The third-order valence-corrected chi connectivity index (χ3v) is 171. The van der Waals surface area contributed by atoms with Gasteiger partial charge in [0.2, 0.25) is 0 Å². The average Bonchev–Trinajstić information content (AvgIpc) is 3.24. The van der Waals surface area contributed by atoms with Crippen molar-refractivity contribution in [2.75, 3.05) is 0 Å². The molecule has 0 unspecified atom stereocenters. The quantitative estimate of drug-likeness (QED) is 0.186. The first kappa shape index (κ1) is 57.1. The number of rotatable bonds is 0. The van der Waals surface area contributed by atoms with Gasteiger partial charge in [0.05, 0.1) is 121 Å². The van der Waals surface area contributed by atoms with Gasteiger partial charge in [0.15, 0.2) is 0 Å². The average molecular weight is 1230 g/mol. The number of hydrogen-bond donors (Lipinski definition) is 0. The van der Waals surface area contributed by atoms with Gasteiger partial charge < -0.3 is 0 Å². The molecule has 4 aromatic carbocycles. The summed E-state index contributed by atoms with van der Waals surface area (Å²) in [6, 6.07) is 25.8. The normalized spacial score (nSPS) is 27.6. The van der Waals surface area contributed by atoms with Crippen LogP contribution in [0.2, 0.25) is 210 Å². The van der Waals surface area contributed by atoms with Crippen LogP contribution in [0.3, 0.4) is 0 Å². The molecule has 0 radical (unpaired) electrons. The molecule has 16 heterocycles. The predicted octanol–water partition coefficient (Wildman–Crippen LogP) is 6.13. The Kier molecular flexibility index (Phi) is 12.1. The van der Waals surface area contributed by atoms with Crippen LogP contribution in [-0.4, -0.2) is 121 Å². The van der Waals surface area contributed by atoms with Crippen LogP contribution >= 0.6 is 0 Å². The van der Waals surface area contributed by atoms with Crippen molar-refractivity contribution in [1.82, 2.24) is 0 Å². The molecule has 0 amide bonds. The summed E-state index contributed by atoms with van der Waals surface area (Å²) in [5, 5.41) is 31.9. The van der Waals surface area contributed by atoms with Gasteiger partial charge in [0.1, 0.15) is 0 Å². The Morgan fingerprint density at radius 1 is 0.111 bits per heavy atom. The molecule has 0 fully saturated rings. The minimum Gasteiger partial charge on any atom is -0.0671 e. The lowest BCUT2D eigenvalue weighted by Gasteiger charge is -2.57. The van der Waals surface area contributed by atoms with E-state index < -0.39 is 121 Å². The highest BCUT2D eigenvalue weighted by atomic mass is 29.3. The van der Waals surface area contributed by atoms with Crippen LogP contribution in [0.15, 0.2) is 48.5 Å². The van der Waals surface area contributed by atoms with Crippen LogP contribution in [-0.2, 0) is 0 Å². The van der Waals surface area contributed by atoms with E-state index in [1.807, 2.05) is 83.0 Å². The maximum Gasteiger partial charge on any atom is 0.0789 e. The van der Waals surface area contributed by atoms with Crippen LogP contribution in [0.5, 0.6) is 0 Å². The van der Waals surface area contributed by atoms with E-state index in [-0.39, 0.29) is 0 Å². The third-order valence-electron chi connectivity index (χ3n) is 27.9. The summed E-state index contributed by atoms with van der Waals surface area (Å²) < 4.78 is 0. The first-order valence-electron chi connectivity index (χ1n) is 28.6. The fourth-order valence-electron chi connectivity index (χ4n) is 16.1. The van der Waals surface area contributed by atoms with E-state index in [4.69, 9.17) is 0 Å². The van der Waals surface area contributed by atoms with Crippen molar-refractivity contribution in [1.29, 1.82) is 0 Å². The Labute approximate surface area is 458 Å². The van der Waals surface area contributed by atoms with E-state index in [1.165, 1.54) is 0 Å². The minimum absolute atomic E-state index is 1.99. The van der Waals surface area contributed by atoms with E-state index in [2.05, 4.69) is 258 Å². The van der Waals surface area contributed by atoms with Crippen molar-refractivity contribution in [2.24, 2.45) is 0 Å². The van der Waals surface area contributed by atoms with E-state index in [9.17, 15) is 0 Å².